The zero-order chi connectivity index (χ0) is 15.4. The van der Waals surface area contributed by atoms with Gasteiger partial charge in [-0.25, -0.2) is 4.98 Å². The number of nitrogens with one attached hydrogen (secondary N) is 1. The van der Waals surface area contributed by atoms with Gasteiger partial charge in [-0.15, -0.1) is 0 Å². The second kappa shape index (κ2) is 5.97. The van der Waals surface area contributed by atoms with E-state index in [9.17, 15) is 14.9 Å². The van der Waals surface area contributed by atoms with E-state index in [4.69, 9.17) is 5.84 Å². The number of hydrogen-bond acceptors (Lipinski definition) is 6. The number of carbonyl (C=O) groups is 1. The molecule has 1 aromatic heterocycles. The van der Waals surface area contributed by atoms with Crippen LogP contribution < -0.4 is 16.2 Å². The fraction of sp³-hybridized carbons (Fsp3) is 0.0769. The number of pyridine rings is 1. The minimum atomic E-state index is -0.611. The maximum atomic E-state index is 12.5. The molecule has 3 N–H and O–H groups in total. The van der Waals surface area contributed by atoms with Crippen LogP contribution in [-0.2, 0) is 0 Å². The third kappa shape index (κ3) is 2.95. The quantitative estimate of drug-likeness (QED) is 0.501. The molecular formula is C13H13N5O3. The maximum absolute atomic E-state index is 12.5. The fourth-order valence-electron chi connectivity index (χ4n) is 1.79. The number of nitrogens with two attached hydrogens (primary N) is 1. The van der Waals surface area contributed by atoms with Crippen LogP contribution in [0.3, 0.4) is 0 Å². The highest BCUT2D eigenvalue weighted by atomic mass is 16.6. The van der Waals surface area contributed by atoms with Crippen molar-refractivity contribution in [3.63, 3.8) is 0 Å². The molecule has 0 radical (unpaired) electrons. The van der Waals surface area contributed by atoms with E-state index in [-0.39, 0.29) is 11.3 Å². The van der Waals surface area contributed by atoms with E-state index < -0.39 is 10.8 Å². The van der Waals surface area contributed by atoms with Gasteiger partial charge < -0.3 is 5.43 Å². The van der Waals surface area contributed by atoms with Gasteiger partial charge >= 0.3 is 0 Å². The van der Waals surface area contributed by atoms with E-state index in [1.54, 1.807) is 18.2 Å². The highest BCUT2D eigenvalue weighted by Crippen LogP contribution is 2.24. The number of amides is 1. The predicted molar refractivity (Wildman–Crippen MR) is 77.9 cm³/mol. The molecule has 0 saturated heterocycles. The van der Waals surface area contributed by atoms with Gasteiger partial charge in [-0.05, 0) is 24.3 Å². The van der Waals surface area contributed by atoms with Crippen molar-refractivity contribution in [2.24, 2.45) is 5.84 Å². The number of nitrogens with zero attached hydrogens (tertiary/aromatic N) is 3. The second-order valence-corrected chi connectivity index (χ2v) is 4.19. The Bertz CT molecular complexity index is 675. The lowest BCUT2D eigenvalue weighted by atomic mass is 10.1. The molecule has 0 fully saturated rings. The largest absolute Gasteiger partial charge is 0.324 e. The highest BCUT2D eigenvalue weighted by Gasteiger charge is 2.24. The summed E-state index contributed by atoms with van der Waals surface area (Å²) in [5.74, 6) is 5.12. The standard InChI is InChI=1S/C13H13N5O3/c1-17(12-4-2-3-7-15-12)13(19)10-8-9(16-14)5-6-11(10)18(20)21/h2-8,16H,14H2,1H3. The Balaban J connectivity index is 2.44. The molecule has 1 amide bonds. The van der Waals surface area contributed by atoms with Crippen molar-refractivity contribution < 1.29 is 9.72 Å². The Morgan fingerprint density at radius 1 is 1.38 bits per heavy atom. The van der Waals surface area contributed by atoms with Gasteiger partial charge in [0.15, 0.2) is 0 Å². The van der Waals surface area contributed by atoms with Crippen LogP contribution in [0.25, 0.3) is 0 Å². The SMILES string of the molecule is CN(C(=O)c1cc(NN)ccc1[N+](=O)[O-])c1ccccn1. The first-order chi connectivity index (χ1) is 10.0. The molecule has 0 spiro atoms. The zero-order valence-electron chi connectivity index (χ0n) is 11.2. The van der Waals surface area contributed by atoms with Crippen molar-refractivity contribution in [3.8, 4) is 0 Å². The average Bonchev–Trinajstić information content (AvgIpc) is 2.53. The van der Waals surface area contributed by atoms with Gasteiger partial charge in [0.25, 0.3) is 11.6 Å². The Morgan fingerprint density at radius 2 is 2.14 bits per heavy atom. The van der Waals surface area contributed by atoms with E-state index in [1.807, 2.05) is 0 Å². The number of benzene rings is 1. The molecule has 21 heavy (non-hydrogen) atoms. The number of carbonyl (C=O) groups excluding carboxylic acids is 1. The molecule has 108 valence electrons. The molecule has 2 aromatic rings. The predicted octanol–water partition coefficient (Wildman–Crippen LogP) is 1.55. The maximum Gasteiger partial charge on any atom is 0.282 e. The van der Waals surface area contributed by atoms with Crippen molar-refractivity contribution in [3.05, 3.63) is 58.3 Å². The van der Waals surface area contributed by atoms with Gasteiger partial charge in [0.2, 0.25) is 0 Å². The number of nitro groups is 1. The topological polar surface area (TPSA) is 114 Å². The molecule has 0 aliphatic rings. The van der Waals surface area contributed by atoms with Crippen LogP contribution in [0.2, 0.25) is 0 Å². The smallest absolute Gasteiger partial charge is 0.282 e. The Kier molecular flexibility index (Phi) is 4.10. The van der Waals surface area contributed by atoms with Crippen LogP contribution in [0.15, 0.2) is 42.6 Å². The van der Waals surface area contributed by atoms with Gasteiger partial charge in [-0.2, -0.15) is 0 Å². The minimum absolute atomic E-state index is 0.0661. The average molecular weight is 287 g/mol. The number of nitrogen functional groups attached to an aromatic ring is 1. The summed E-state index contributed by atoms with van der Waals surface area (Å²) in [5, 5.41) is 11.1. The van der Waals surface area contributed by atoms with Crippen molar-refractivity contribution in [1.29, 1.82) is 0 Å². The molecule has 8 nitrogen and oxygen atoms in total. The molecule has 0 aliphatic heterocycles. The molecule has 0 unspecified atom stereocenters. The molecule has 0 atom stereocenters. The van der Waals surface area contributed by atoms with Crippen LogP contribution in [0.5, 0.6) is 0 Å². The summed E-state index contributed by atoms with van der Waals surface area (Å²) in [6, 6.07) is 9.06. The normalized spacial score (nSPS) is 10.0. The molecule has 0 aliphatic carbocycles. The number of anilines is 2. The molecule has 1 heterocycles. The van der Waals surface area contributed by atoms with Crippen LogP contribution in [0.1, 0.15) is 10.4 Å². The van der Waals surface area contributed by atoms with Crippen molar-refractivity contribution in [1.82, 2.24) is 4.98 Å². The second-order valence-electron chi connectivity index (χ2n) is 4.19. The summed E-state index contributed by atoms with van der Waals surface area (Å²) in [5.41, 5.74) is 2.40. The first-order valence-corrected chi connectivity index (χ1v) is 5.98. The number of hydrazine groups is 1. The monoisotopic (exact) mass is 287 g/mol. The van der Waals surface area contributed by atoms with Crippen LogP contribution in [0, 0.1) is 10.1 Å². The molecule has 2 rings (SSSR count). The van der Waals surface area contributed by atoms with Gasteiger partial charge in [0.1, 0.15) is 11.4 Å². The Labute approximate surface area is 120 Å². The van der Waals surface area contributed by atoms with Gasteiger partial charge in [0.05, 0.1) is 4.92 Å². The zero-order valence-corrected chi connectivity index (χ0v) is 11.2. The molecule has 1 aromatic carbocycles. The summed E-state index contributed by atoms with van der Waals surface area (Å²) in [7, 11) is 1.50. The molecule has 8 heteroatoms. The third-order valence-electron chi connectivity index (χ3n) is 2.89. The Morgan fingerprint density at radius 3 is 2.71 bits per heavy atom. The Hall–Kier alpha value is -3.00. The molecular weight excluding hydrogens is 274 g/mol. The lowest BCUT2D eigenvalue weighted by molar-refractivity contribution is -0.385. The van der Waals surface area contributed by atoms with Gasteiger partial charge in [-0.1, -0.05) is 6.07 Å². The first-order valence-electron chi connectivity index (χ1n) is 5.98. The van der Waals surface area contributed by atoms with Gasteiger partial charge in [0, 0.05) is 25.0 Å². The summed E-state index contributed by atoms with van der Waals surface area (Å²) < 4.78 is 0. The fourth-order valence-corrected chi connectivity index (χ4v) is 1.79. The molecule has 0 saturated carbocycles. The van der Waals surface area contributed by atoms with E-state index in [1.165, 1.54) is 36.3 Å². The van der Waals surface area contributed by atoms with Crippen molar-refractivity contribution in [2.45, 2.75) is 0 Å². The van der Waals surface area contributed by atoms with Gasteiger partial charge in [-0.3, -0.25) is 25.7 Å². The number of hydrogen-bond donors (Lipinski definition) is 2. The summed E-state index contributed by atoms with van der Waals surface area (Å²) in [4.78, 5) is 28.2. The number of rotatable bonds is 4. The van der Waals surface area contributed by atoms with Crippen molar-refractivity contribution >= 4 is 23.1 Å². The summed E-state index contributed by atoms with van der Waals surface area (Å²) >= 11 is 0. The van der Waals surface area contributed by atoms with Crippen molar-refractivity contribution in [2.75, 3.05) is 17.4 Å². The van der Waals surface area contributed by atoms with E-state index in [0.717, 1.165) is 0 Å². The van der Waals surface area contributed by atoms with E-state index in [0.29, 0.717) is 11.5 Å². The van der Waals surface area contributed by atoms with Crippen LogP contribution in [0.4, 0.5) is 17.2 Å². The number of nitro benzene ring substituents is 1. The third-order valence-corrected chi connectivity index (χ3v) is 2.89. The highest BCUT2D eigenvalue weighted by molar-refractivity contribution is 6.08. The lowest BCUT2D eigenvalue weighted by Gasteiger charge is -2.16. The lowest BCUT2D eigenvalue weighted by Crippen LogP contribution is -2.28. The van der Waals surface area contributed by atoms with E-state index in [2.05, 4.69) is 10.4 Å². The summed E-state index contributed by atoms with van der Waals surface area (Å²) in [6.07, 6.45) is 1.53. The van der Waals surface area contributed by atoms with E-state index >= 15 is 0 Å². The summed E-state index contributed by atoms with van der Waals surface area (Å²) in [6.45, 7) is 0. The van der Waals surface area contributed by atoms with Crippen LogP contribution in [-0.4, -0.2) is 22.9 Å². The first kappa shape index (κ1) is 14.4. The minimum Gasteiger partial charge on any atom is -0.324 e. The van der Waals surface area contributed by atoms with Crippen LogP contribution >= 0.6 is 0 Å². The molecule has 0 bridgehead atoms. The number of aromatic nitrogens is 1.